The second-order valence-electron chi connectivity index (χ2n) is 1.83. The van der Waals surface area contributed by atoms with Crippen LogP contribution in [0.15, 0.2) is 29.4 Å². The Bertz CT molecular complexity index is 282. The fourth-order valence-electron chi connectivity index (χ4n) is 0.639. The van der Waals surface area contributed by atoms with Gasteiger partial charge in [0.15, 0.2) is 0 Å². The van der Waals surface area contributed by atoms with Crippen molar-refractivity contribution in [2.24, 2.45) is 0 Å². The molecule has 0 amide bonds. The minimum atomic E-state index is 0.352. The molecule has 1 N–H and O–H groups in total. The van der Waals surface area contributed by atoms with E-state index in [2.05, 4.69) is 0 Å². The number of hydrogen-bond acceptors (Lipinski definition) is 3. The third-order valence-electron chi connectivity index (χ3n) is 1.09. The molecule has 0 aliphatic rings. The minimum absolute atomic E-state index is 0.352. The topological polar surface area (TPSA) is 47.9 Å². The smallest absolute Gasteiger partial charge is 0.284 e. The summed E-state index contributed by atoms with van der Waals surface area (Å²) >= 11 is 1.30. The van der Waals surface area contributed by atoms with E-state index in [1.807, 2.05) is 12.1 Å². The Hall–Kier alpha value is -1.21. The van der Waals surface area contributed by atoms with Gasteiger partial charge in [0.05, 0.1) is 11.8 Å². The summed E-state index contributed by atoms with van der Waals surface area (Å²) in [5.41, 5.74) is 0. The Labute approximate surface area is 68.9 Å². The Morgan fingerprint density at radius 2 is 2.45 bits per heavy atom. The largest absolute Gasteiger partial charge is 0.291 e. The predicted octanol–water partition coefficient (Wildman–Crippen LogP) is 0.827. The summed E-state index contributed by atoms with van der Waals surface area (Å²) in [5.74, 6) is 0.352. The molecule has 0 spiro atoms. The highest BCUT2D eigenvalue weighted by Crippen LogP contribution is 2.10. The van der Waals surface area contributed by atoms with Crippen molar-refractivity contribution in [1.29, 1.82) is 5.26 Å². The Balaban J connectivity index is 2.71. The zero-order valence-electron chi connectivity index (χ0n) is 5.77. The van der Waals surface area contributed by atoms with Gasteiger partial charge in [-0.25, -0.2) is 0 Å². The molecule has 11 heavy (non-hydrogen) atoms. The maximum absolute atomic E-state index is 9.12. The van der Waals surface area contributed by atoms with Crippen LogP contribution in [0.5, 0.6) is 0 Å². The molecule has 0 aliphatic carbocycles. The maximum Gasteiger partial charge on any atom is 0.291 e. The van der Waals surface area contributed by atoms with Crippen molar-refractivity contribution >= 4 is 11.8 Å². The molecule has 0 bridgehead atoms. The Morgan fingerprint density at radius 3 is 3.09 bits per heavy atom. The fourth-order valence-corrected chi connectivity index (χ4v) is 1.22. The van der Waals surface area contributed by atoms with Gasteiger partial charge < -0.3 is 0 Å². The Morgan fingerprint density at radius 1 is 1.64 bits per heavy atom. The third-order valence-corrected chi connectivity index (χ3v) is 1.98. The molecule has 0 saturated carbocycles. The minimum Gasteiger partial charge on any atom is -0.284 e. The lowest BCUT2D eigenvalue weighted by Gasteiger charge is -1.89. The molecule has 3 nitrogen and oxygen atoms in total. The van der Waals surface area contributed by atoms with Gasteiger partial charge in [0, 0.05) is 16.9 Å². The molecule has 0 aliphatic heterocycles. The standard InChI is InChI=1S/C7H7N2OS/c8-4-6-11-7-3-1-2-5-9(7)10/h1-3,5,10H,6H2/q+1. The first-order valence-electron chi connectivity index (χ1n) is 3.04. The van der Waals surface area contributed by atoms with Crippen molar-refractivity contribution in [3.8, 4) is 6.07 Å². The quantitative estimate of drug-likeness (QED) is 0.403. The summed E-state index contributed by atoms with van der Waals surface area (Å²) in [6.07, 6.45) is 1.53. The van der Waals surface area contributed by atoms with Gasteiger partial charge in [-0.1, -0.05) is 0 Å². The first-order valence-corrected chi connectivity index (χ1v) is 4.03. The number of nitrogens with zero attached hydrogens (tertiary/aromatic N) is 2. The fraction of sp³-hybridized carbons (Fsp3) is 0.143. The predicted molar refractivity (Wildman–Crippen MR) is 40.2 cm³/mol. The molecular formula is C7H7N2OS+. The molecule has 0 atom stereocenters. The van der Waals surface area contributed by atoms with Gasteiger partial charge in [0.2, 0.25) is 6.20 Å². The number of hydrogen-bond donors (Lipinski definition) is 1. The second-order valence-corrected chi connectivity index (χ2v) is 2.83. The number of rotatable bonds is 2. The van der Waals surface area contributed by atoms with Crippen LogP contribution in [0.3, 0.4) is 0 Å². The van der Waals surface area contributed by atoms with E-state index in [0.29, 0.717) is 10.8 Å². The maximum atomic E-state index is 9.12. The molecule has 0 radical (unpaired) electrons. The van der Waals surface area contributed by atoms with Crippen molar-refractivity contribution in [1.82, 2.24) is 0 Å². The molecule has 56 valence electrons. The molecule has 0 saturated heterocycles. The third kappa shape index (κ3) is 2.13. The van der Waals surface area contributed by atoms with Crippen LogP contribution in [-0.2, 0) is 0 Å². The summed E-state index contributed by atoms with van der Waals surface area (Å²) < 4.78 is 1.00. The van der Waals surface area contributed by atoms with E-state index in [9.17, 15) is 0 Å². The number of nitriles is 1. The number of thioether (sulfide) groups is 1. The van der Waals surface area contributed by atoms with Crippen LogP contribution in [-0.4, -0.2) is 11.0 Å². The average Bonchev–Trinajstić information content (AvgIpc) is 2.03. The van der Waals surface area contributed by atoms with Crippen molar-refractivity contribution < 1.29 is 9.94 Å². The lowest BCUT2D eigenvalue weighted by molar-refractivity contribution is -0.932. The van der Waals surface area contributed by atoms with Gasteiger partial charge >= 0.3 is 0 Å². The van der Waals surface area contributed by atoms with Crippen LogP contribution in [0.1, 0.15) is 0 Å². The van der Waals surface area contributed by atoms with Crippen LogP contribution in [0.2, 0.25) is 0 Å². The molecule has 1 heterocycles. The lowest BCUT2D eigenvalue weighted by atomic mass is 10.5. The average molecular weight is 167 g/mol. The summed E-state index contributed by atoms with van der Waals surface area (Å²) in [7, 11) is 0. The van der Waals surface area contributed by atoms with E-state index in [1.165, 1.54) is 18.0 Å². The molecule has 0 fully saturated rings. The summed E-state index contributed by atoms with van der Waals surface area (Å²) in [5, 5.41) is 18.1. The van der Waals surface area contributed by atoms with Gasteiger partial charge in [-0.2, -0.15) is 5.26 Å². The van der Waals surface area contributed by atoms with Gasteiger partial charge in [-0.15, -0.1) is 0 Å². The molecule has 0 unspecified atom stereocenters. The molecule has 1 aromatic heterocycles. The van der Waals surface area contributed by atoms with Crippen molar-refractivity contribution in [3.05, 3.63) is 24.4 Å². The van der Waals surface area contributed by atoms with Crippen molar-refractivity contribution in [2.75, 3.05) is 5.75 Å². The SMILES string of the molecule is N#CCSc1cccc[n+]1O. The normalized spacial score (nSPS) is 9.00. The summed E-state index contributed by atoms with van der Waals surface area (Å²) in [4.78, 5) is 0. The molecule has 1 rings (SSSR count). The monoisotopic (exact) mass is 167 g/mol. The van der Waals surface area contributed by atoms with E-state index >= 15 is 0 Å². The van der Waals surface area contributed by atoms with E-state index in [0.717, 1.165) is 4.73 Å². The highest BCUT2D eigenvalue weighted by molar-refractivity contribution is 7.99. The van der Waals surface area contributed by atoms with E-state index < -0.39 is 0 Å². The lowest BCUT2D eigenvalue weighted by Crippen LogP contribution is -2.31. The van der Waals surface area contributed by atoms with Crippen molar-refractivity contribution in [3.63, 3.8) is 0 Å². The van der Waals surface area contributed by atoms with Crippen LogP contribution in [0.25, 0.3) is 0 Å². The van der Waals surface area contributed by atoms with Gasteiger partial charge in [-0.05, 0) is 17.8 Å². The zero-order valence-corrected chi connectivity index (χ0v) is 6.58. The highest BCUT2D eigenvalue weighted by atomic mass is 32.2. The summed E-state index contributed by atoms with van der Waals surface area (Å²) in [6.45, 7) is 0. The number of aromatic nitrogens is 1. The van der Waals surface area contributed by atoms with E-state index in [4.69, 9.17) is 10.5 Å². The Kier molecular flexibility index (Phi) is 2.75. The first-order chi connectivity index (χ1) is 5.34. The van der Waals surface area contributed by atoms with Crippen LogP contribution < -0.4 is 4.73 Å². The van der Waals surface area contributed by atoms with Gasteiger partial charge in [0.25, 0.3) is 5.03 Å². The van der Waals surface area contributed by atoms with E-state index in [-0.39, 0.29) is 0 Å². The van der Waals surface area contributed by atoms with Crippen LogP contribution >= 0.6 is 11.8 Å². The van der Waals surface area contributed by atoms with Gasteiger partial charge in [-0.3, -0.25) is 5.21 Å². The van der Waals surface area contributed by atoms with Crippen LogP contribution in [0.4, 0.5) is 0 Å². The zero-order chi connectivity index (χ0) is 8.10. The molecular weight excluding hydrogens is 160 g/mol. The van der Waals surface area contributed by atoms with Crippen molar-refractivity contribution in [2.45, 2.75) is 5.03 Å². The number of pyridine rings is 1. The van der Waals surface area contributed by atoms with Gasteiger partial charge in [0.1, 0.15) is 0 Å². The first kappa shape index (κ1) is 7.89. The second kappa shape index (κ2) is 3.84. The van der Waals surface area contributed by atoms with Crippen LogP contribution in [0, 0.1) is 11.3 Å². The molecule has 4 heteroatoms. The summed E-state index contributed by atoms with van der Waals surface area (Å²) in [6, 6.07) is 7.26. The molecule has 1 aromatic rings. The van der Waals surface area contributed by atoms with E-state index in [1.54, 1.807) is 12.1 Å². The highest BCUT2D eigenvalue weighted by Gasteiger charge is 2.06. The molecule has 0 aromatic carbocycles.